The highest BCUT2D eigenvalue weighted by molar-refractivity contribution is 5.99. The molecule has 4 aromatic rings. The van der Waals surface area contributed by atoms with E-state index < -0.39 is 59.9 Å². The lowest BCUT2D eigenvalue weighted by molar-refractivity contribution is -0.165. The quantitative estimate of drug-likeness (QED) is 0.0477. The van der Waals surface area contributed by atoms with Gasteiger partial charge in [0.05, 0.1) is 46.9 Å². The molecule has 0 amide bonds. The van der Waals surface area contributed by atoms with Gasteiger partial charge in [0.25, 0.3) is 0 Å². The van der Waals surface area contributed by atoms with Crippen LogP contribution in [0.15, 0.2) is 59.1 Å². The van der Waals surface area contributed by atoms with E-state index in [1.165, 1.54) is 54.6 Å². The first kappa shape index (κ1) is 50.2. The Morgan fingerprint density at radius 1 is 0.875 bits per heavy atom. The van der Waals surface area contributed by atoms with Gasteiger partial charge in [-0.05, 0) is 61.0 Å². The molecular formula is C35H43F7N8O6. The number of benzene rings is 3. The van der Waals surface area contributed by atoms with Gasteiger partial charge in [0, 0.05) is 43.8 Å². The lowest BCUT2D eigenvalue weighted by atomic mass is 9.81. The van der Waals surface area contributed by atoms with Crippen molar-refractivity contribution in [3.8, 4) is 17.5 Å². The number of aliphatic carboxylic acids is 1. The minimum atomic E-state index is -2.71. The van der Waals surface area contributed by atoms with Crippen LogP contribution in [0.4, 0.5) is 47.8 Å². The second-order valence-electron chi connectivity index (χ2n) is 11.5. The van der Waals surface area contributed by atoms with Crippen molar-refractivity contribution in [1.29, 1.82) is 10.7 Å². The number of carboxylic acid groups (broad SMARTS) is 1. The lowest BCUT2D eigenvalue weighted by Crippen LogP contribution is -2.39. The van der Waals surface area contributed by atoms with Gasteiger partial charge in [0.15, 0.2) is 0 Å². The predicted molar refractivity (Wildman–Crippen MR) is 192 cm³/mol. The van der Waals surface area contributed by atoms with Gasteiger partial charge < -0.3 is 47.7 Å². The predicted octanol–water partition coefficient (Wildman–Crippen LogP) is 6.10. The van der Waals surface area contributed by atoms with Gasteiger partial charge in [-0.15, -0.1) is 0 Å². The van der Waals surface area contributed by atoms with Crippen molar-refractivity contribution in [3.63, 3.8) is 0 Å². The first-order valence-electron chi connectivity index (χ1n) is 15.7. The molecule has 1 aromatic heterocycles. The minimum absolute atomic E-state index is 0. The Hall–Kier alpha value is -5.82. The summed E-state index contributed by atoms with van der Waals surface area (Å²) in [6, 6.07) is 13.6. The van der Waals surface area contributed by atoms with Crippen LogP contribution in [0.5, 0.6) is 0 Å². The molecule has 2 aliphatic rings. The molecule has 0 atom stereocenters. The fourth-order valence-corrected chi connectivity index (χ4v) is 4.31. The van der Waals surface area contributed by atoms with Crippen LogP contribution in [-0.2, 0) is 4.79 Å². The molecule has 2 fully saturated rings. The number of nitrogen functional groups attached to an aromatic ring is 3. The minimum Gasteiger partial charge on any atom is -0.481 e. The maximum Gasteiger partial charge on any atom is 0.306 e. The van der Waals surface area contributed by atoms with E-state index in [9.17, 15) is 35.5 Å². The van der Waals surface area contributed by atoms with Crippen LogP contribution >= 0.6 is 0 Å². The number of alkyl halides is 4. The summed E-state index contributed by atoms with van der Waals surface area (Å²) in [5.41, 5.74) is 17.2. The Morgan fingerprint density at radius 3 is 1.73 bits per heavy atom. The van der Waals surface area contributed by atoms with Crippen LogP contribution in [0.1, 0.15) is 63.0 Å². The van der Waals surface area contributed by atoms with E-state index in [1.54, 1.807) is 6.92 Å². The van der Waals surface area contributed by atoms with Gasteiger partial charge in [-0.3, -0.25) is 4.79 Å². The molecule has 2 aliphatic carbocycles. The fourth-order valence-electron chi connectivity index (χ4n) is 4.31. The summed E-state index contributed by atoms with van der Waals surface area (Å²) >= 11 is 0. The van der Waals surface area contributed by atoms with E-state index in [0.29, 0.717) is 16.7 Å². The Balaban J connectivity index is 0.000000718. The van der Waals surface area contributed by atoms with Crippen molar-refractivity contribution in [2.24, 2.45) is 11.8 Å². The van der Waals surface area contributed by atoms with Crippen LogP contribution in [0, 0.1) is 40.1 Å². The number of hydrogen-bond acceptors (Lipinski definition) is 13. The Labute approximate surface area is 316 Å². The number of aromatic nitrogens is 2. The van der Waals surface area contributed by atoms with Crippen LogP contribution in [-0.4, -0.2) is 67.4 Å². The zero-order valence-electron chi connectivity index (χ0n) is 29.0. The Bertz CT molecular complexity index is 1890. The van der Waals surface area contributed by atoms with Crippen LogP contribution in [0.25, 0.3) is 11.4 Å². The number of nitriles is 1. The summed E-state index contributed by atoms with van der Waals surface area (Å²) in [6.07, 6.45) is -1.52. The largest absolute Gasteiger partial charge is 0.481 e. The molecule has 56 heavy (non-hydrogen) atoms. The first-order chi connectivity index (χ1) is 25.8. The van der Waals surface area contributed by atoms with Crippen LogP contribution < -0.4 is 23.1 Å². The maximum atomic E-state index is 13.0. The third kappa shape index (κ3) is 15.9. The Kier molecular flexibility index (Phi) is 20.8. The number of hydrogen-bond donors (Lipinski definition) is 9. The number of carboxylic acids is 1. The zero-order valence-corrected chi connectivity index (χ0v) is 29.0. The second-order valence-corrected chi connectivity index (χ2v) is 11.5. The molecule has 0 saturated heterocycles. The molecule has 308 valence electrons. The Morgan fingerprint density at radius 2 is 1.34 bits per heavy atom. The number of aliphatic hydroxyl groups is 2. The second kappa shape index (κ2) is 23.2. The lowest BCUT2D eigenvalue weighted by Gasteiger charge is -2.31. The van der Waals surface area contributed by atoms with E-state index in [2.05, 4.69) is 16.0 Å². The molecule has 0 radical (unpaired) electrons. The van der Waals surface area contributed by atoms with Crippen molar-refractivity contribution in [3.05, 3.63) is 89.1 Å². The van der Waals surface area contributed by atoms with E-state index in [4.69, 9.17) is 52.9 Å². The van der Waals surface area contributed by atoms with E-state index in [1.807, 2.05) is 6.07 Å². The van der Waals surface area contributed by atoms with Gasteiger partial charge in [-0.2, -0.15) is 10.2 Å². The fraction of sp³-hybridized carbons (Fsp3) is 0.343. The van der Waals surface area contributed by atoms with Crippen molar-refractivity contribution in [2.75, 3.05) is 30.4 Å². The zero-order chi connectivity index (χ0) is 42.1. The number of halogens is 7. The molecule has 0 unspecified atom stereocenters. The van der Waals surface area contributed by atoms with E-state index in [-0.39, 0.29) is 68.0 Å². The number of nitrogens with two attached hydrogens (primary N) is 4. The standard InChI is InChI=1S/C12H10F3N3O.C8H9FN2O.C7H5FN2.C5H6F2O2.C2H6O.CH4.H3NO/c13-8-2-1-6(3-9(8)16)10-17-11(19-18-10)7-4-12(14,15)5-7;9-6-2-1-5(3-7(6)10)8(11)4-12;8-6-2-1-5(4-9)3-7(6)10;6-5(7)1-3(2-5)4(8)9;1-2-3;;1-2/h1-3,7H,4-5,16H2;1-3,11-12H,4,10H2;1-3H,10H2;3H,1-2H2,(H,8,9);3H,2H2,1H3;1H4;2H,1H2. The summed E-state index contributed by atoms with van der Waals surface area (Å²) in [5.74, 6) is -5.30. The normalized spacial score (nSPS) is 14.3. The van der Waals surface area contributed by atoms with Crippen molar-refractivity contribution in [2.45, 2.75) is 57.8 Å². The highest BCUT2D eigenvalue weighted by Gasteiger charge is 2.49. The van der Waals surface area contributed by atoms with Crippen molar-refractivity contribution < 1.29 is 60.6 Å². The van der Waals surface area contributed by atoms with Crippen molar-refractivity contribution >= 4 is 28.7 Å². The summed E-state index contributed by atoms with van der Waals surface area (Å²) in [5, 5.41) is 50.0. The van der Waals surface area contributed by atoms with Gasteiger partial charge in [-0.1, -0.05) is 18.6 Å². The molecule has 2 saturated carbocycles. The SMILES string of the molecule is C.CCO.N#Cc1ccc(F)c(N)c1.N=C(CO)c1ccc(F)c(N)c1.NO.Nc1cc(-c2noc(C3CC(F)(F)C3)n2)ccc1F.O=C(O)C1CC(F)(F)C1. The molecule has 13 N–H and O–H groups in total. The number of carbonyl (C=O) groups is 1. The van der Waals surface area contributed by atoms with Gasteiger partial charge >= 0.3 is 5.97 Å². The summed E-state index contributed by atoms with van der Waals surface area (Å²) in [6.45, 7) is 1.56. The van der Waals surface area contributed by atoms with Crippen LogP contribution in [0.2, 0.25) is 0 Å². The molecule has 1 heterocycles. The smallest absolute Gasteiger partial charge is 0.306 e. The topological polar surface area (TPSA) is 289 Å². The summed E-state index contributed by atoms with van der Waals surface area (Å²) < 4.78 is 92.3. The highest BCUT2D eigenvalue weighted by Crippen LogP contribution is 2.48. The highest BCUT2D eigenvalue weighted by atomic mass is 19.3. The third-order valence-electron chi connectivity index (χ3n) is 7.20. The molecule has 0 spiro atoms. The molecule has 0 bridgehead atoms. The number of rotatable bonds is 5. The maximum absolute atomic E-state index is 13.0. The number of nitrogens with zero attached hydrogens (tertiary/aromatic N) is 3. The van der Waals surface area contributed by atoms with E-state index >= 15 is 0 Å². The molecule has 14 nitrogen and oxygen atoms in total. The third-order valence-corrected chi connectivity index (χ3v) is 7.20. The van der Waals surface area contributed by atoms with Crippen molar-refractivity contribution in [1.82, 2.24) is 10.1 Å². The van der Waals surface area contributed by atoms with Gasteiger partial charge in [0.1, 0.15) is 17.5 Å². The molecule has 0 aliphatic heterocycles. The molecule has 3 aromatic carbocycles. The monoisotopic (exact) mass is 804 g/mol. The van der Waals surface area contributed by atoms with Gasteiger partial charge in [0.2, 0.25) is 23.6 Å². The summed E-state index contributed by atoms with van der Waals surface area (Å²) in [4.78, 5) is 14.0. The molecular weight excluding hydrogens is 761 g/mol. The number of nitrogens with one attached hydrogen (secondary N) is 1. The number of anilines is 3. The molecule has 21 heteroatoms. The van der Waals surface area contributed by atoms with Gasteiger partial charge in [-0.25, -0.2) is 36.6 Å². The average Bonchev–Trinajstić information content (AvgIpc) is 3.61. The van der Waals surface area contributed by atoms with E-state index in [0.717, 1.165) is 0 Å². The first-order valence-corrected chi connectivity index (χ1v) is 15.7. The average molecular weight is 805 g/mol. The number of aliphatic hydroxyl groups excluding tert-OH is 2. The van der Waals surface area contributed by atoms with Crippen LogP contribution in [0.3, 0.4) is 0 Å². The summed E-state index contributed by atoms with van der Waals surface area (Å²) in [7, 11) is 0. The molecule has 6 rings (SSSR count).